The maximum Gasteiger partial charge on any atom is 0.309 e. The number of carbonyl (C=O) groups excluding carboxylic acids is 2. The molecule has 0 bridgehead atoms. The van der Waals surface area contributed by atoms with Gasteiger partial charge in [0.05, 0.1) is 36.9 Å². The van der Waals surface area contributed by atoms with E-state index >= 15 is 0 Å². The first-order chi connectivity index (χ1) is 15.8. The summed E-state index contributed by atoms with van der Waals surface area (Å²) in [7, 11) is -2.79. The second kappa shape index (κ2) is 12.2. The minimum Gasteiger partial charge on any atom is -0.481 e. The highest BCUT2D eigenvalue weighted by atomic mass is 32.2. The second-order valence-corrected chi connectivity index (χ2v) is 12.2. The molecule has 12 nitrogen and oxygen atoms in total. The van der Waals surface area contributed by atoms with Crippen LogP contribution in [-0.4, -0.2) is 99.1 Å². The van der Waals surface area contributed by atoms with Gasteiger partial charge in [-0.3, -0.25) is 27.6 Å². The highest BCUT2D eigenvalue weighted by Crippen LogP contribution is 2.31. The van der Waals surface area contributed by atoms with Gasteiger partial charge >= 0.3 is 23.9 Å². The number of carbonyl (C=O) groups is 4. The summed E-state index contributed by atoms with van der Waals surface area (Å²) in [5.74, 6) is -3.49. The first kappa shape index (κ1) is 28.3. The molecule has 0 saturated carbocycles. The molecule has 6 unspecified atom stereocenters. The van der Waals surface area contributed by atoms with Gasteiger partial charge in [-0.1, -0.05) is 0 Å². The Morgan fingerprint density at radius 3 is 1.44 bits per heavy atom. The van der Waals surface area contributed by atoms with Crippen LogP contribution in [0.1, 0.15) is 51.4 Å². The normalized spacial score (nSPS) is 31.2. The topological polar surface area (TPSA) is 202 Å². The summed E-state index contributed by atoms with van der Waals surface area (Å²) >= 11 is 0. The molecule has 4 N–H and O–H groups in total. The summed E-state index contributed by atoms with van der Waals surface area (Å²) in [6, 6.07) is 0. The summed E-state index contributed by atoms with van der Waals surface area (Å²) in [4.78, 5) is 45.1. The molecule has 194 valence electrons. The van der Waals surface area contributed by atoms with Crippen molar-refractivity contribution in [2.45, 2.75) is 74.8 Å². The summed E-state index contributed by atoms with van der Waals surface area (Å²) in [6.07, 6.45) is -3.35. The van der Waals surface area contributed by atoms with Crippen LogP contribution in [0.25, 0.3) is 0 Å². The lowest BCUT2D eigenvalue weighted by atomic mass is 9.86. The van der Waals surface area contributed by atoms with Gasteiger partial charge in [0.1, 0.15) is 12.2 Å². The van der Waals surface area contributed by atoms with E-state index in [1.165, 1.54) is 0 Å². The lowest BCUT2D eigenvalue weighted by molar-refractivity contribution is -0.175. The van der Waals surface area contributed by atoms with Gasteiger partial charge in [-0.2, -0.15) is 0 Å². The van der Waals surface area contributed by atoms with Crippen LogP contribution in [-0.2, 0) is 50.3 Å². The van der Waals surface area contributed by atoms with E-state index in [0.717, 1.165) is 0 Å². The summed E-state index contributed by atoms with van der Waals surface area (Å²) < 4.78 is 34.8. The van der Waals surface area contributed by atoms with Crippen molar-refractivity contribution in [3.05, 3.63) is 0 Å². The fourth-order valence-electron chi connectivity index (χ4n) is 4.14. The molecular weight excluding hydrogens is 496 g/mol. The molecular formula is C20H30O12S2. The highest BCUT2D eigenvalue weighted by molar-refractivity contribution is 7.88. The molecule has 2 aliphatic rings. The Morgan fingerprint density at radius 2 is 1.12 bits per heavy atom. The first-order valence-corrected chi connectivity index (χ1v) is 13.7. The van der Waals surface area contributed by atoms with Gasteiger partial charge in [0, 0.05) is 57.5 Å². The molecule has 0 aromatic heterocycles. The van der Waals surface area contributed by atoms with Crippen molar-refractivity contribution in [3.63, 3.8) is 0 Å². The number of aliphatic carboxylic acids is 2. The zero-order valence-electron chi connectivity index (χ0n) is 18.5. The quantitative estimate of drug-likeness (QED) is 0.215. The molecule has 2 saturated heterocycles. The molecule has 34 heavy (non-hydrogen) atoms. The number of ether oxygens (including phenoxy) is 2. The number of cyclic esters (lactones) is 2. The molecule has 2 aliphatic heterocycles. The highest BCUT2D eigenvalue weighted by Gasteiger charge is 2.42. The molecule has 0 aliphatic carbocycles. The monoisotopic (exact) mass is 526 g/mol. The number of carboxylic acid groups (broad SMARTS) is 2. The zero-order chi connectivity index (χ0) is 25.5. The Hall–Kier alpha value is -1.90. The first-order valence-electron chi connectivity index (χ1n) is 10.7. The molecule has 0 amide bonds. The van der Waals surface area contributed by atoms with E-state index in [4.69, 9.17) is 19.7 Å². The van der Waals surface area contributed by atoms with Crippen LogP contribution in [0, 0.1) is 0 Å². The smallest absolute Gasteiger partial charge is 0.309 e. The van der Waals surface area contributed by atoms with Gasteiger partial charge in [0.15, 0.2) is 0 Å². The van der Waals surface area contributed by atoms with Crippen LogP contribution in [0.15, 0.2) is 0 Å². The fourth-order valence-corrected chi connectivity index (χ4v) is 7.08. The Labute approximate surface area is 200 Å². The summed E-state index contributed by atoms with van der Waals surface area (Å²) in [6.45, 7) is 0. The molecule has 0 radical (unpaired) electrons. The molecule has 2 fully saturated rings. The van der Waals surface area contributed by atoms with E-state index in [0.29, 0.717) is 0 Å². The van der Waals surface area contributed by atoms with E-state index in [9.17, 15) is 37.8 Å². The Morgan fingerprint density at radius 1 is 0.765 bits per heavy atom. The van der Waals surface area contributed by atoms with E-state index in [2.05, 4.69) is 0 Å². The average Bonchev–Trinajstić information content (AvgIpc) is 2.65. The SMILES string of the molecule is O=C(O)CC1(O)CC(=O)OC(CCS(=O)CCS(=O)CCC2CC(O)(CC(=O)O)CC(=O)O2)C1. The lowest BCUT2D eigenvalue weighted by Gasteiger charge is -2.35. The Bertz CT molecular complexity index is 769. The van der Waals surface area contributed by atoms with E-state index in [1.54, 1.807) is 0 Å². The third-order valence-corrected chi connectivity index (χ3v) is 8.55. The molecule has 0 spiro atoms. The predicted molar refractivity (Wildman–Crippen MR) is 118 cm³/mol. The van der Waals surface area contributed by atoms with Crippen LogP contribution in [0.4, 0.5) is 0 Å². The van der Waals surface area contributed by atoms with Crippen LogP contribution in [0.5, 0.6) is 0 Å². The van der Waals surface area contributed by atoms with Crippen molar-refractivity contribution >= 4 is 45.5 Å². The number of rotatable bonds is 13. The van der Waals surface area contributed by atoms with E-state index in [1.807, 2.05) is 0 Å². The molecule has 14 heteroatoms. The number of hydrogen-bond acceptors (Lipinski definition) is 10. The third kappa shape index (κ3) is 9.76. The van der Waals surface area contributed by atoms with Crippen molar-refractivity contribution in [2.75, 3.05) is 23.0 Å². The minimum absolute atomic E-state index is 0.0670. The van der Waals surface area contributed by atoms with Gasteiger partial charge in [-0.05, 0) is 12.8 Å². The van der Waals surface area contributed by atoms with Crippen molar-refractivity contribution in [2.24, 2.45) is 0 Å². The molecule has 2 heterocycles. The standard InChI is InChI=1S/C20H30O12S2/c21-15(22)9-19(27)7-13(31-17(25)11-19)1-3-33(29)5-6-34(30)4-2-14-8-20(28,10-16(23)24)12-18(26)32-14/h13-14,27-28H,1-12H2,(H,21,22)(H,23,24). The fraction of sp³-hybridized carbons (Fsp3) is 0.800. The van der Waals surface area contributed by atoms with Crippen molar-refractivity contribution in [1.82, 2.24) is 0 Å². The predicted octanol–water partition coefficient (Wildman–Crippen LogP) is -0.913. The number of hydrogen-bond donors (Lipinski definition) is 4. The van der Waals surface area contributed by atoms with Crippen molar-refractivity contribution in [3.8, 4) is 0 Å². The van der Waals surface area contributed by atoms with Crippen molar-refractivity contribution < 1.29 is 57.5 Å². The van der Waals surface area contributed by atoms with Gasteiger partial charge < -0.3 is 29.9 Å². The molecule has 6 atom stereocenters. The van der Waals surface area contributed by atoms with Gasteiger partial charge in [-0.15, -0.1) is 0 Å². The van der Waals surface area contributed by atoms with E-state index < -0.39 is 94.6 Å². The Balaban J connectivity index is 1.71. The molecule has 2 rings (SSSR count). The number of esters is 2. The van der Waals surface area contributed by atoms with Crippen LogP contribution >= 0.6 is 0 Å². The minimum atomic E-state index is -1.70. The zero-order valence-corrected chi connectivity index (χ0v) is 20.1. The maximum atomic E-state index is 12.3. The second-order valence-electron chi connectivity index (χ2n) is 8.85. The van der Waals surface area contributed by atoms with E-state index in [-0.39, 0.29) is 48.7 Å². The van der Waals surface area contributed by atoms with Crippen LogP contribution in [0.2, 0.25) is 0 Å². The average molecular weight is 527 g/mol. The molecule has 0 aromatic rings. The summed E-state index contributed by atoms with van der Waals surface area (Å²) in [5.41, 5.74) is -3.40. The lowest BCUT2D eigenvalue weighted by Crippen LogP contribution is -2.45. The summed E-state index contributed by atoms with van der Waals surface area (Å²) in [5, 5.41) is 38.4. The van der Waals surface area contributed by atoms with Gasteiger partial charge in [0.25, 0.3) is 0 Å². The number of carboxylic acids is 2. The van der Waals surface area contributed by atoms with Crippen molar-refractivity contribution in [1.29, 1.82) is 0 Å². The number of aliphatic hydroxyl groups is 2. The third-order valence-electron chi connectivity index (χ3n) is 5.59. The Kier molecular flexibility index (Phi) is 10.2. The molecule has 0 aromatic carbocycles. The van der Waals surface area contributed by atoms with Crippen LogP contribution in [0.3, 0.4) is 0 Å². The van der Waals surface area contributed by atoms with Crippen LogP contribution < -0.4 is 0 Å². The largest absolute Gasteiger partial charge is 0.481 e. The maximum absolute atomic E-state index is 12.3. The van der Waals surface area contributed by atoms with Gasteiger partial charge in [0.2, 0.25) is 0 Å². The van der Waals surface area contributed by atoms with Gasteiger partial charge in [-0.25, -0.2) is 0 Å².